The molecule has 3 nitrogen and oxygen atoms in total. The number of aryl methyl sites for hydroxylation is 2. The molecule has 120 valence electrons. The number of benzene rings is 1. The maximum atomic E-state index is 12.3. The first kappa shape index (κ1) is 16.5. The molecule has 6 heteroatoms. The predicted octanol–water partition coefficient (Wildman–Crippen LogP) is 5.09. The molecule has 0 saturated heterocycles. The van der Waals surface area contributed by atoms with Gasteiger partial charge in [-0.3, -0.25) is 4.79 Å². The lowest BCUT2D eigenvalue weighted by molar-refractivity contribution is 0.0959. The third-order valence-corrected chi connectivity index (χ3v) is 5.66. The van der Waals surface area contributed by atoms with E-state index in [0.29, 0.717) is 26.2 Å². The summed E-state index contributed by atoms with van der Waals surface area (Å²) in [5.41, 5.74) is 5.25. The number of carbonyl (C=O) groups excluding carboxylic acids is 1. The third-order valence-electron chi connectivity index (χ3n) is 3.86. The largest absolute Gasteiger partial charge is 0.281 e. The summed E-state index contributed by atoms with van der Waals surface area (Å²) in [7, 11) is 0. The summed E-state index contributed by atoms with van der Waals surface area (Å²) in [6.07, 6.45) is 4.56. The molecule has 1 amide bonds. The number of halogens is 2. The molecule has 0 radical (unpaired) electrons. The van der Waals surface area contributed by atoms with E-state index in [2.05, 4.69) is 10.5 Å². The van der Waals surface area contributed by atoms with E-state index in [0.717, 1.165) is 12.8 Å². The van der Waals surface area contributed by atoms with E-state index in [1.54, 1.807) is 36.5 Å². The minimum atomic E-state index is -0.179. The molecule has 0 saturated carbocycles. The van der Waals surface area contributed by atoms with Crippen molar-refractivity contribution in [3.05, 3.63) is 55.2 Å². The average molecular weight is 367 g/mol. The van der Waals surface area contributed by atoms with Gasteiger partial charge in [-0.2, -0.15) is 5.10 Å². The fraction of sp³-hybridized carbons (Fsp3) is 0.294. The van der Waals surface area contributed by atoms with Gasteiger partial charge in [0.1, 0.15) is 0 Å². The van der Waals surface area contributed by atoms with Crippen LogP contribution in [-0.4, -0.2) is 11.6 Å². The monoisotopic (exact) mass is 366 g/mol. The van der Waals surface area contributed by atoms with Gasteiger partial charge in [0, 0.05) is 20.5 Å². The Morgan fingerprint density at radius 2 is 2.00 bits per heavy atom. The average Bonchev–Trinajstić information content (AvgIpc) is 2.98. The third kappa shape index (κ3) is 3.77. The zero-order chi connectivity index (χ0) is 16.4. The molecule has 0 unspecified atom stereocenters. The quantitative estimate of drug-likeness (QED) is 0.596. The number of carbonyl (C=O) groups is 1. The fourth-order valence-corrected chi connectivity index (χ4v) is 4.20. The minimum absolute atomic E-state index is 0.179. The highest BCUT2D eigenvalue weighted by Gasteiger charge is 2.17. The summed E-state index contributed by atoms with van der Waals surface area (Å²) in [5, 5.41) is 5.29. The topological polar surface area (TPSA) is 41.5 Å². The molecule has 0 spiro atoms. The van der Waals surface area contributed by atoms with Crippen LogP contribution in [0.2, 0.25) is 10.0 Å². The van der Waals surface area contributed by atoms with Crippen molar-refractivity contribution in [2.24, 2.45) is 5.10 Å². The summed E-state index contributed by atoms with van der Waals surface area (Å²) in [4.78, 5) is 14.3. The van der Waals surface area contributed by atoms with Crippen LogP contribution in [0, 0.1) is 0 Å². The highest BCUT2D eigenvalue weighted by atomic mass is 35.5. The fourth-order valence-electron chi connectivity index (χ4n) is 2.63. The Morgan fingerprint density at radius 1 is 1.22 bits per heavy atom. The smallest absolute Gasteiger partial charge is 0.266 e. The number of nitrogens with zero attached hydrogens (tertiary/aromatic N) is 1. The molecule has 0 bridgehead atoms. The Bertz CT molecular complexity index is 759. The second-order valence-electron chi connectivity index (χ2n) is 5.53. The molecule has 2 aromatic rings. The highest BCUT2D eigenvalue weighted by Crippen LogP contribution is 2.29. The predicted molar refractivity (Wildman–Crippen MR) is 97.1 cm³/mol. The van der Waals surface area contributed by atoms with E-state index < -0.39 is 0 Å². The van der Waals surface area contributed by atoms with E-state index in [1.165, 1.54) is 23.3 Å². The molecule has 1 aromatic carbocycles. The van der Waals surface area contributed by atoms with Crippen molar-refractivity contribution >= 4 is 46.2 Å². The molecule has 1 aliphatic rings. The maximum absolute atomic E-state index is 12.3. The van der Waals surface area contributed by atoms with Crippen LogP contribution in [-0.2, 0) is 12.8 Å². The number of nitrogens with one attached hydrogen (secondary N) is 1. The molecule has 1 heterocycles. The lowest BCUT2D eigenvalue weighted by atomic mass is 9.99. The number of amides is 1. The van der Waals surface area contributed by atoms with Crippen LogP contribution in [0.3, 0.4) is 0 Å². The van der Waals surface area contributed by atoms with Crippen molar-refractivity contribution in [3.63, 3.8) is 0 Å². The molecular weight excluding hydrogens is 351 g/mol. The number of hydrazone groups is 1. The summed E-state index contributed by atoms with van der Waals surface area (Å²) in [6.45, 7) is 1.79. The van der Waals surface area contributed by atoms with Crippen molar-refractivity contribution in [2.45, 2.75) is 32.6 Å². The van der Waals surface area contributed by atoms with Crippen LogP contribution in [0.25, 0.3) is 0 Å². The molecule has 1 aromatic heterocycles. The van der Waals surface area contributed by atoms with Crippen molar-refractivity contribution in [1.82, 2.24) is 5.43 Å². The number of hydrogen-bond acceptors (Lipinski definition) is 3. The van der Waals surface area contributed by atoms with E-state index in [1.807, 2.05) is 6.07 Å². The molecule has 3 rings (SSSR count). The van der Waals surface area contributed by atoms with Crippen LogP contribution >= 0.6 is 34.5 Å². The van der Waals surface area contributed by atoms with Crippen LogP contribution in [0.1, 0.15) is 45.4 Å². The highest BCUT2D eigenvalue weighted by molar-refractivity contribution is 7.14. The standard InChI is InChI=1S/C17H16Cl2N2OS/c1-10(13-9-12(18)6-7-14(13)19)20-21-17(22)16-8-11-4-2-3-5-15(11)23-16/h6-9H,2-5H2,1H3,(H,21,22). The minimum Gasteiger partial charge on any atom is -0.266 e. The lowest BCUT2D eigenvalue weighted by Gasteiger charge is -2.08. The maximum Gasteiger partial charge on any atom is 0.281 e. The normalized spacial score (nSPS) is 14.5. The Labute approximate surface area is 149 Å². The van der Waals surface area contributed by atoms with Gasteiger partial charge >= 0.3 is 0 Å². The Hall–Kier alpha value is -1.36. The van der Waals surface area contributed by atoms with Gasteiger partial charge in [-0.05, 0) is 62.4 Å². The van der Waals surface area contributed by atoms with Crippen LogP contribution in [0.15, 0.2) is 29.4 Å². The van der Waals surface area contributed by atoms with Crippen LogP contribution < -0.4 is 5.43 Å². The van der Waals surface area contributed by atoms with Crippen LogP contribution in [0.4, 0.5) is 0 Å². The summed E-state index contributed by atoms with van der Waals surface area (Å²) in [6, 6.07) is 7.16. The SMILES string of the molecule is CC(=NNC(=O)c1cc2c(s1)CCCC2)c1cc(Cl)ccc1Cl. The molecule has 0 aliphatic heterocycles. The van der Waals surface area contributed by atoms with E-state index in [9.17, 15) is 4.79 Å². The first-order chi connectivity index (χ1) is 11.0. The van der Waals surface area contributed by atoms with Gasteiger partial charge in [0.2, 0.25) is 0 Å². The van der Waals surface area contributed by atoms with Crippen molar-refractivity contribution < 1.29 is 4.79 Å². The Balaban J connectivity index is 1.75. The molecule has 1 aliphatic carbocycles. The second kappa shape index (κ2) is 7.04. The van der Waals surface area contributed by atoms with Gasteiger partial charge in [-0.1, -0.05) is 23.2 Å². The lowest BCUT2D eigenvalue weighted by Crippen LogP contribution is -2.18. The molecule has 23 heavy (non-hydrogen) atoms. The second-order valence-corrected chi connectivity index (χ2v) is 7.51. The first-order valence-corrected chi connectivity index (χ1v) is 9.03. The molecular formula is C17H16Cl2N2OS. The summed E-state index contributed by atoms with van der Waals surface area (Å²) >= 11 is 13.7. The van der Waals surface area contributed by atoms with E-state index in [4.69, 9.17) is 23.2 Å². The molecule has 0 atom stereocenters. The van der Waals surface area contributed by atoms with Gasteiger partial charge in [-0.25, -0.2) is 5.43 Å². The van der Waals surface area contributed by atoms with Gasteiger partial charge < -0.3 is 0 Å². The number of fused-ring (bicyclic) bond motifs is 1. The van der Waals surface area contributed by atoms with Crippen molar-refractivity contribution in [3.8, 4) is 0 Å². The number of rotatable bonds is 3. The first-order valence-electron chi connectivity index (χ1n) is 7.46. The number of hydrogen-bond donors (Lipinski definition) is 1. The Kier molecular flexibility index (Phi) is 5.05. The zero-order valence-corrected chi connectivity index (χ0v) is 15.0. The van der Waals surface area contributed by atoms with Gasteiger partial charge in [0.05, 0.1) is 10.6 Å². The number of thiophene rings is 1. The summed E-state index contributed by atoms with van der Waals surface area (Å²) in [5.74, 6) is -0.179. The van der Waals surface area contributed by atoms with Crippen LogP contribution in [0.5, 0.6) is 0 Å². The molecule has 1 N–H and O–H groups in total. The summed E-state index contributed by atoms with van der Waals surface area (Å²) < 4.78 is 0. The van der Waals surface area contributed by atoms with Crippen molar-refractivity contribution in [1.29, 1.82) is 0 Å². The Morgan fingerprint density at radius 3 is 2.78 bits per heavy atom. The van der Waals surface area contributed by atoms with E-state index >= 15 is 0 Å². The van der Waals surface area contributed by atoms with Gasteiger partial charge in [0.25, 0.3) is 5.91 Å². The van der Waals surface area contributed by atoms with Gasteiger partial charge in [0.15, 0.2) is 0 Å². The van der Waals surface area contributed by atoms with Crippen molar-refractivity contribution in [2.75, 3.05) is 0 Å². The zero-order valence-electron chi connectivity index (χ0n) is 12.7. The molecule has 0 fully saturated rings. The van der Waals surface area contributed by atoms with Gasteiger partial charge in [-0.15, -0.1) is 11.3 Å². The van der Waals surface area contributed by atoms with E-state index in [-0.39, 0.29) is 5.91 Å².